The maximum absolute atomic E-state index is 6.10. The van der Waals surface area contributed by atoms with Crippen molar-refractivity contribution in [1.29, 1.82) is 0 Å². The molecule has 92 valence electrons. The van der Waals surface area contributed by atoms with Crippen LogP contribution in [0.5, 0.6) is 5.75 Å². The fourth-order valence-corrected chi connectivity index (χ4v) is 3.03. The first-order chi connectivity index (χ1) is 8.65. The van der Waals surface area contributed by atoms with E-state index in [0.717, 1.165) is 23.7 Å². The number of rotatable bonds is 0. The summed E-state index contributed by atoms with van der Waals surface area (Å²) in [6.45, 7) is 4.12. The molecule has 0 fully saturated rings. The van der Waals surface area contributed by atoms with Crippen LogP contribution in [0.4, 0.5) is 5.82 Å². The van der Waals surface area contributed by atoms with Crippen molar-refractivity contribution >= 4 is 5.82 Å². The molecule has 4 heteroatoms. The van der Waals surface area contributed by atoms with Crippen molar-refractivity contribution in [2.45, 2.75) is 32.0 Å². The lowest BCUT2D eigenvalue weighted by Gasteiger charge is -2.44. The molecule has 0 radical (unpaired) electrons. The minimum absolute atomic E-state index is 0.268. The summed E-state index contributed by atoms with van der Waals surface area (Å²) in [5, 5.41) is 8.05. The number of hydrogen-bond acceptors (Lipinski definition) is 3. The number of fused-ring (bicyclic) bond motifs is 6. The lowest BCUT2D eigenvalue weighted by molar-refractivity contribution is 0.0620. The zero-order valence-electron chi connectivity index (χ0n) is 10.5. The third-order valence-electron chi connectivity index (χ3n) is 3.74. The lowest BCUT2D eigenvalue weighted by atomic mass is 9.92. The normalized spacial score (nSPS) is 27.8. The molecule has 2 atom stereocenters. The van der Waals surface area contributed by atoms with Crippen LogP contribution in [0, 0.1) is 6.92 Å². The number of hydrogen-bond donors (Lipinski definition) is 1. The molecule has 2 aliphatic heterocycles. The van der Waals surface area contributed by atoms with Crippen LogP contribution in [-0.2, 0) is 0 Å². The van der Waals surface area contributed by atoms with Crippen LogP contribution < -0.4 is 10.1 Å². The summed E-state index contributed by atoms with van der Waals surface area (Å²) in [4.78, 5) is 0. The largest absolute Gasteiger partial charge is 0.468 e. The molecule has 0 amide bonds. The Bertz CT molecular complexity index is 634. The second kappa shape index (κ2) is 3.07. The number of aryl methyl sites for hydroxylation is 1. The van der Waals surface area contributed by atoms with E-state index in [0.29, 0.717) is 0 Å². The van der Waals surface area contributed by atoms with E-state index in [1.165, 1.54) is 5.56 Å². The predicted molar refractivity (Wildman–Crippen MR) is 68.8 cm³/mol. The van der Waals surface area contributed by atoms with Crippen LogP contribution in [0.15, 0.2) is 30.3 Å². The van der Waals surface area contributed by atoms with E-state index in [1.54, 1.807) is 0 Å². The maximum atomic E-state index is 6.10. The number of benzene rings is 1. The molecule has 1 aromatic carbocycles. The van der Waals surface area contributed by atoms with Gasteiger partial charge in [0.05, 0.1) is 11.7 Å². The molecule has 0 saturated carbocycles. The molecule has 2 bridgehead atoms. The Morgan fingerprint density at radius 1 is 1.44 bits per heavy atom. The Morgan fingerprint density at radius 2 is 2.28 bits per heavy atom. The number of ether oxygens (including phenoxy) is 1. The van der Waals surface area contributed by atoms with Gasteiger partial charge in [0.1, 0.15) is 11.6 Å². The highest BCUT2D eigenvalue weighted by molar-refractivity contribution is 5.49. The molecule has 0 aliphatic carbocycles. The molecule has 18 heavy (non-hydrogen) atoms. The van der Waals surface area contributed by atoms with Gasteiger partial charge < -0.3 is 10.1 Å². The van der Waals surface area contributed by atoms with Gasteiger partial charge >= 0.3 is 0 Å². The number of nitrogens with one attached hydrogen (secondary N) is 1. The minimum atomic E-state index is -0.332. The number of nitrogens with zero attached hydrogens (tertiary/aromatic N) is 2. The molecule has 4 nitrogen and oxygen atoms in total. The van der Waals surface area contributed by atoms with Crippen LogP contribution in [0.3, 0.4) is 0 Å². The van der Waals surface area contributed by atoms with Gasteiger partial charge in [-0.25, -0.2) is 4.68 Å². The maximum Gasteiger partial charge on any atom is 0.181 e. The Balaban J connectivity index is 1.96. The highest BCUT2D eigenvalue weighted by atomic mass is 16.5. The topological polar surface area (TPSA) is 39.1 Å². The third kappa shape index (κ3) is 1.23. The van der Waals surface area contributed by atoms with Crippen molar-refractivity contribution in [2.24, 2.45) is 0 Å². The Labute approximate surface area is 106 Å². The summed E-state index contributed by atoms with van der Waals surface area (Å²) >= 11 is 0. The van der Waals surface area contributed by atoms with Crippen molar-refractivity contribution in [3.63, 3.8) is 0 Å². The van der Waals surface area contributed by atoms with Gasteiger partial charge in [-0.2, -0.15) is 5.10 Å². The first kappa shape index (κ1) is 10.00. The molecular formula is C14H15N3O. The average Bonchev–Trinajstić information content (AvgIpc) is 2.68. The third-order valence-corrected chi connectivity index (χ3v) is 3.74. The first-order valence-corrected chi connectivity index (χ1v) is 6.27. The predicted octanol–water partition coefficient (Wildman–Crippen LogP) is 2.71. The van der Waals surface area contributed by atoms with Crippen molar-refractivity contribution in [1.82, 2.24) is 9.78 Å². The van der Waals surface area contributed by atoms with E-state index in [4.69, 9.17) is 4.74 Å². The molecule has 0 spiro atoms. The monoisotopic (exact) mass is 241 g/mol. The minimum Gasteiger partial charge on any atom is -0.468 e. The molecule has 1 N–H and O–H groups in total. The molecule has 2 aromatic rings. The Hall–Kier alpha value is -1.97. The van der Waals surface area contributed by atoms with Gasteiger partial charge in [0.2, 0.25) is 0 Å². The zero-order chi connectivity index (χ0) is 12.3. The van der Waals surface area contributed by atoms with Crippen LogP contribution in [-0.4, -0.2) is 15.5 Å². The summed E-state index contributed by atoms with van der Waals surface area (Å²) in [7, 11) is 0. The highest BCUT2D eigenvalue weighted by Crippen LogP contribution is 2.45. The SMILES string of the molecule is Cc1cc2n(n1)[C@H]1C[C@@](C)(N2)Oc2ccccc21. The zero-order valence-corrected chi connectivity index (χ0v) is 10.5. The van der Waals surface area contributed by atoms with E-state index in [2.05, 4.69) is 40.2 Å². The van der Waals surface area contributed by atoms with Gasteiger partial charge in [0.25, 0.3) is 0 Å². The van der Waals surface area contributed by atoms with E-state index in [1.807, 2.05) is 19.1 Å². The van der Waals surface area contributed by atoms with E-state index in [9.17, 15) is 0 Å². The van der Waals surface area contributed by atoms with E-state index < -0.39 is 0 Å². The van der Waals surface area contributed by atoms with Crippen molar-refractivity contribution in [2.75, 3.05) is 5.32 Å². The smallest absolute Gasteiger partial charge is 0.181 e. The van der Waals surface area contributed by atoms with Gasteiger partial charge in [-0.15, -0.1) is 0 Å². The Morgan fingerprint density at radius 3 is 3.17 bits per heavy atom. The van der Waals surface area contributed by atoms with Crippen LogP contribution in [0.1, 0.15) is 30.6 Å². The van der Waals surface area contributed by atoms with Crippen LogP contribution >= 0.6 is 0 Å². The van der Waals surface area contributed by atoms with Gasteiger partial charge in [-0.05, 0) is 19.9 Å². The first-order valence-electron chi connectivity index (χ1n) is 6.27. The van der Waals surface area contributed by atoms with Crippen molar-refractivity contribution in [3.8, 4) is 5.75 Å². The van der Waals surface area contributed by atoms with Gasteiger partial charge in [0, 0.05) is 18.1 Å². The summed E-state index contributed by atoms with van der Waals surface area (Å²) in [5.74, 6) is 2.00. The van der Waals surface area contributed by atoms with Crippen molar-refractivity contribution in [3.05, 3.63) is 41.6 Å². The number of para-hydroxylation sites is 1. The molecule has 4 rings (SSSR count). The molecule has 1 aromatic heterocycles. The standard InChI is InChI=1S/C14H15N3O/c1-9-7-13-15-14(2)8-11(17(13)16-9)10-5-3-4-6-12(10)18-14/h3-7,11,15H,8H2,1-2H3/t11-,14-/m0/s1. The lowest BCUT2D eigenvalue weighted by Crippen LogP contribution is -2.50. The second-order valence-electron chi connectivity index (χ2n) is 5.33. The number of anilines is 1. The quantitative estimate of drug-likeness (QED) is 0.770. The van der Waals surface area contributed by atoms with E-state index in [-0.39, 0.29) is 11.8 Å². The molecule has 2 aliphatic rings. The van der Waals surface area contributed by atoms with E-state index >= 15 is 0 Å². The summed E-state index contributed by atoms with van der Waals surface area (Å²) < 4.78 is 8.19. The highest BCUT2D eigenvalue weighted by Gasteiger charge is 2.43. The van der Waals surface area contributed by atoms with Crippen LogP contribution in [0.2, 0.25) is 0 Å². The summed E-state index contributed by atoms with van der Waals surface area (Å²) in [5.41, 5.74) is 1.92. The molecule has 3 heterocycles. The van der Waals surface area contributed by atoms with Crippen molar-refractivity contribution < 1.29 is 4.74 Å². The fourth-order valence-electron chi connectivity index (χ4n) is 3.03. The number of aromatic nitrogens is 2. The van der Waals surface area contributed by atoms with Crippen LogP contribution in [0.25, 0.3) is 0 Å². The average molecular weight is 241 g/mol. The van der Waals surface area contributed by atoms with Gasteiger partial charge in [-0.3, -0.25) is 0 Å². The molecule has 0 unspecified atom stereocenters. The molecular weight excluding hydrogens is 226 g/mol. The summed E-state index contributed by atoms with van der Waals surface area (Å²) in [6.07, 6.45) is 0.901. The Kier molecular flexibility index (Phi) is 1.71. The van der Waals surface area contributed by atoms with Gasteiger partial charge in [0.15, 0.2) is 5.72 Å². The fraction of sp³-hybridized carbons (Fsp3) is 0.357. The second-order valence-corrected chi connectivity index (χ2v) is 5.33. The summed E-state index contributed by atoms with van der Waals surface area (Å²) in [6, 6.07) is 10.6. The molecule has 0 saturated heterocycles. The van der Waals surface area contributed by atoms with Gasteiger partial charge in [-0.1, -0.05) is 18.2 Å².